The summed E-state index contributed by atoms with van der Waals surface area (Å²) in [5, 5.41) is 31.3. The van der Waals surface area contributed by atoms with E-state index in [9.17, 15) is 5.26 Å². The lowest BCUT2D eigenvalue weighted by molar-refractivity contribution is -0.0381. The highest BCUT2D eigenvalue weighted by atomic mass is 16.5. The number of tetrazole rings is 1. The Hall–Kier alpha value is -3.46. The predicted octanol–water partition coefficient (Wildman–Crippen LogP) is 4.73. The van der Waals surface area contributed by atoms with Crippen molar-refractivity contribution >= 4 is 5.82 Å². The number of aryl methyl sites for hydroxylation is 1. The maximum atomic E-state index is 9.80. The van der Waals surface area contributed by atoms with Crippen LogP contribution in [0.1, 0.15) is 76.4 Å². The lowest BCUT2D eigenvalue weighted by atomic mass is 9.82. The highest BCUT2D eigenvalue weighted by molar-refractivity contribution is 5.65. The van der Waals surface area contributed by atoms with Crippen LogP contribution in [0.25, 0.3) is 11.3 Å². The fourth-order valence-electron chi connectivity index (χ4n) is 6.08. The van der Waals surface area contributed by atoms with Gasteiger partial charge < -0.3 is 20.1 Å². The van der Waals surface area contributed by atoms with Crippen LogP contribution >= 0.6 is 0 Å². The van der Waals surface area contributed by atoms with Gasteiger partial charge in [0.05, 0.1) is 23.8 Å². The van der Waals surface area contributed by atoms with Crippen LogP contribution in [0.4, 0.5) is 5.82 Å². The molecule has 0 amide bonds. The number of nitrogens with one attached hydrogen (secondary N) is 3. The topological polar surface area (TPSA) is 147 Å². The third-order valence-corrected chi connectivity index (χ3v) is 8.92. The van der Waals surface area contributed by atoms with Crippen molar-refractivity contribution in [2.45, 2.75) is 90.3 Å². The summed E-state index contributed by atoms with van der Waals surface area (Å²) < 4.78 is 11.6. The second kappa shape index (κ2) is 13.9. The van der Waals surface area contributed by atoms with Crippen molar-refractivity contribution in [2.24, 2.45) is 11.3 Å². The normalized spacial score (nSPS) is 21.2. The van der Waals surface area contributed by atoms with Gasteiger partial charge in [0.15, 0.2) is 0 Å². The smallest absolute Gasteiger partial charge is 0.205 e. The molecule has 0 aromatic carbocycles. The molecular weight excluding hydrogens is 542 g/mol. The minimum atomic E-state index is -0.584. The number of aromatic nitrogens is 6. The summed E-state index contributed by atoms with van der Waals surface area (Å²) in [6, 6.07) is 11.5. The summed E-state index contributed by atoms with van der Waals surface area (Å²) in [6.07, 6.45) is 9.08. The first-order valence-corrected chi connectivity index (χ1v) is 15.5. The first kappa shape index (κ1) is 31.0. The molecule has 11 heteroatoms. The zero-order valence-corrected chi connectivity index (χ0v) is 25.9. The van der Waals surface area contributed by atoms with Crippen molar-refractivity contribution in [3.8, 4) is 17.3 Å². The second-order valence-electron chi connectivity index (χ2n) is 12.8. The summed E-state index contributed by atoms with van der Waals surface area (Å²) in [7, 11) is 0. The van der Waals surface area contributed by atoms with Crippen molar-refractivity contribution in [1.29, 1.82) is 5.26 Å². The number of hydrogen-bond acceptors (Lipinski definition) is 10. The van der Waals surface area contributed by atoms with Gasteiger partial charge >= 0.3 is 0 Å². The van der Waals surface area contributed by atoms with Gasteiger partial charge in [0, 0.05) is 49.3 Å². The van der Waals surface area contributed by atoms with Gasteiger partial charge in [0.1, 0.15) is 11.4 Å². The van der Waals surface area contributed by atoms with Gasteiger partial charge in [-0.25, -0.2) is 4.98 Å². The lowest BCUT2D eigenvalue weighted by Crippen LogP contribution is -2.42. The Morgan fingerprint density at radius 3 is 2.72 bits per heavy atom. The molecule has 4 heterocycles. The number of ether oxygens (including phenoxy) is 2. The Morgan fingerprint density at radius 1 is 1.21 bits per heavy atom. The van der Waals surface area contributed by atoms with Crippen LogP contribution in [0.5, 0.6) is 0 Å². The number of nitriles is 1. The molecule has 1 aliphatic carbocycles. The standard InChI is InChI=1S/C32H45N9O2/c1-22-18-34-26(17-27(22)28-6-5-7-29(37-28)35-21-32(20-33)12-14-42-15-13-32)16-24-8-10-25(11-9-24)36-23(2)19-43-31(3,4)30-38-40-41-39-30/h5-7,17-18,23-25,36H,8-16,19,21H2,1-4H3,(H,35,37)(H,38,39,40,41)/t23-,24?,25?/m1/s1. The maximum Gasteiger partial charge on any atom is 0.205 e. The molecule has 0 unspecified atom stereocenters. The molecule has 1 aliphatic heterocycles. The van der Waals surface area contributed by atoms with Crippen LogP contribution in [-0.4, -0.2) is 69.0 Å². The predicted molar refractivity (Wildman–Crippen MR) is 164 cm³/mol. The molecule has 3 N–H and O–H groups in total. The van der Waals surface area contributed by atoms with E-state index in [1.54, 1.807) is 0 Å². The van der Waals surface area contributed by atoms with E-state index in [-0.39, 0.29) is 6.04 Å². The van der Waals surface area contributed by atoms with Crippen molar-refractivity contribution < 1.29 is 9.47 Å². The third kappa shape index (κ3) is 8.13. The largest absolute Gasteiger partial charge is 0.381 e. The Kier molecular flexibility index (Phi) is 10.0. The molecule has 2 aliphatic rings. The van der Waals surface area contributed by atoms with Gasteiger partial charge in [-0.2, -0.15) is 10.5 Å². The molecule has 230 valence electrons. The highest BCUT2D eigenvalue weighted by Crippen LogP contribution is 2.32. The molecule has 2 fully saturated rings. The van der Waals surface area contributed by atoms with Crippen molar-refractivity contribution in [3.63, 3.8) is 0 Å². The van der Waals surface area contributed by atoms with Crippen LogP contribution in [0.3, 0.4) is 0 Å². The number of rotatable bonds is 12. The molecule has 0 spiro atoms. The molecule has 1 saturated heterocycles. The second-order valence-corrected chi connectivity index (χ2v) is 12.8. The Morgan fingerprint density at radius 2 is 2.00 bits per heavy atom. The molecule has 11 nitrogen and oxygen atoms in total. The minimum absolute atomic E-state index is 0.230. The van der Waals surface area contributed by atoms with E-state index >= 15 is 0 Å². The third-order valence-electron chi connectivity index (χ3n) is 8.92. The van der Waals surface area contributed by atoms with Crippen molar-refractivity contribution in [2.75, 3.05) is 31.7 Å². The van der Waals surface area contributed by atoms with Gasteiger partial charge in [0.25, 0.3) is 0 Å². The number of hydrogen-bond donors (Lipinski definition) is 3. The monoisotopic (exact) mass is 587 g/mol. The number of aromatic amines is 1. The van der Waals surface area contributed by atoms with Crippen molar-refractivity contribution in [3.05, 3.63) is 47.5 Å². The molecule has 3 aromatic heterocycles. The summed E-state index contributed by atoms with van der Waals surface area (Å²) in [4.78, 5) is 9.71. The van der Waals surface area contributed by atoms with Gasteiger partial charge in [-0.05, 0) is 102 Å². The van der Waals surface area contributed by atoms with E-state index < -0.39 is 11.0 Å². The van der Waals surface area contributed by atoms with Gasteiger partial charge in [-0.3, -0.25) is 4.98 Å². The van der Waals surface area contributed by atoms with E-state index in [4.69, 9.17) is 19.4 Å². The summed E-state index contributed by atoms with van der Waals surface area (Å²) in [5.74, 6) is 1.97. The fourth-order valence-corrected chi connectivity index (χ4v) is 6.08. The molecule has 5 rings (SSSR count). The molecular formula is C32H45N9O2. The van der Waals surface area contributed by atoms with Crippen LogP contribution in [0, 0.1) is 29.6 Å². The average Bonchev–Trinajstić information content (AvgIpc) is 3.58. The van der Waals surface area contributed by atoms with Gasteiger partial charge in [-0.15, -0.1) is 10.2 Å². The van der Waals surface area contributed by atoms with Gasteiger partial charge in [-0.1, -0.05) is 11.3 Å². The zero-order valence-electron chi connectivity index (χ0n) is 25.9. The van der Waals surface area contributed by atoms with Crippen LogP contribution in [0.15, 0.2) is 30.5 Å². The maximum absolute atomic E-state index is 9.80. The molecule has 1 saturated carbocycles. The molecule has 43 heavy (non-hydrogen) atoms. The average molecular weight is 588 g/mol. The quantitative estimate of drug-likeness (QED) is 0.272. The Balaban J connectivity index is 1.12. The molecule has 3 aromatic rings. The minimum Gasteiger partial charge on any atom is -0.381 e. The molecule has 0 bridgehead atoms. The van der Waals surface area contributed by atoms with E-state index in [0.717, 1.165) is 60.4 Å². The van der Waals surface area contributed by atoms with Crippen LogP contribution in [-0.2, 0) is 21.5 Å². The number of nitrogens with zero attached hydrogens (tertiary/aromatic N) is 6. The SMILES string of the molecule is Cc1cnc(CC2CCC(N[C@H](C)COC(C)(C)c3nn[nH]n3)CC2)cc1-c1cccc(NCC2(C#N)CCOCC2)n1. The van der Waals surface area contributed by atoms with Crippen LogP contribution < -0.4 is 10.6 Å². The Labute approximate surface area is 254 Å². The first-order chi connectivity index (χ1) is 20.7. The number of pyridine rings is 2. The van der Waals surface area contributed by atoms with Crippen LogP contribution in [0.2, 0.25) is 0 Å². The van der Waals surface area contributed by atoms with E-state index in [1.165, 1.54) is 12.8 Å². The summed E-state index contributed by atoms with van der Waals surface area (Å²) >= 11 is 0. The van der Waals surface area contributed by atoms with E-state index in [0.29, 0.717) is 44.1 Å². The zero-order chi connectivity index (χ0) is 30.3. The fraction of sp³-hybridized carbons (Fsp3) is 0.625. The highest BCUT2D eigenvalue weighted by Gasteiger charge is 2.33. The number of H-pyrrole nitrogens is 1. The van der Waals surface area contributed by atoms with Crippen molar-refractivity contribution in [1.82, 2.24) is 35.9 Å². The van der Waals surface area contributed by atoms with E-state index in [1.807, 2.05) is 32.2 Å². The molecule has 1 atom stereocenters. The summed E-state index contributed by atoms with van der Waals surface area (Å²) in [5.41, 5.74) is 3.28. The van der Waals surface area contributed by atoms with Gasteiger partial charge in [0.2, 0.25) is 5.82 Å². The number of anilines is 1. The summed E-state index contributed by atoms with van der Waals surface area (Å²) in [6.45, 7) is 10.6. The Bertz CT molecular complexity index is 1360. The lowest BCUT2D eigenvalue weighted by Gasteiger charge is -2.32. The van der Waals surface area contributed by atoms with E-state index in [2.05, 4.69) is 63.3 Å². The molecule has 0 radical (unpaired) electrons. The first-order valence-electron chi connectivity index (χ1n) is 15.5.